The zero-order valence-electron chi connectivity index (χ0n) is 13.6. The average molecular weight is 344 g/mol. The predicted molar refractivity (Wildman–Crippen MR) is 91.8 cm³/mol. The highest BCUT2D eigenvalue weighted by molar-refractivity contribution is 7.08. The van der Waals surface area contributed by atoms with Crippen LogP contribution in [0.25, 0.3) is 0 Å². The van der Waals surface area contributed by atoms with E-state index in [2.05, 4.69) is 15.3 Å². The number of piperidine rings is 1. The van der Waals surface area contributed by atoms with Crippen LogP contribution in [0.4, 0.5) is 0 Å². The number of hydrogen-bond donors (Lipinski definition) is 1. The summed E-state index contributed by atoms with van der Waals surface area (Å²) in [5.41, 5.74) is 2.52. The molecule has 24 heavy (non-hydrogen) atoms. The number of carbonyl (C=O) groups is 2. The quantitative estimate of drug-likeness (QED) is 0.922. The average Bonchev–Trinajstić information content (AvgIpc) is 3.14. The molecular formula is C17H20N4O2S. The number of hydrogen-bond acceptors (Lipinski definition) is 5. The maximum absolute atomic E-state index is 12.4. The smallest absolute Gasteiger partial charge is 0.254 e. The Hall–Kier alpha value is -2.28. The van der Waals surface area contributed by atoms with E-state index in [1.54, 1.807) is 12.4 Å². The summed E-state index contributed by atoms with van der Waals surface area (Å²) < 4.78 is 0. The number of likely N-dealkylation sites (tertiary alicyclic amines) is 1. The number of nitrogens with zero attached hydrogens (tertiary/aromatic N) is 3. The molecule has 0 unspecified atom stereocenters. The molecule has 1 fully saturated rings. The van der Waals surface area contributed by atoms with Crippen molar-refractivity contribution in [3.63, 3.8) is 0 Å². The molecule has 1 saturated heterocycles. The Morgan fingerprint density at radius 2 is 2.04 bits per heavy atom. The highest BCUT2D eigenvalue weighted by atomic mass is 32.1. The highest BCUT2D eigenvalue weighted by Crippen LogP contribution is 2.29. The van der Waals surface area contributed by atoms with Gasteiger partial charge in [0.1, 0.15) is 0 Å². The zero-order chi connectivity index (χ0) is 16.9. The van der Waals surface area contributed by atoms with Crippen LogP contribution in [0.1, 0.15) is 47.4 Å². The van der Waals surface area contributed by atoms with E-state index in [-0.39, 0.29) is 17.7 Å². The van der Waals surface area contributed by atoms with Gasteiger partial charge in [0.2, 0.25) is 5.91 Å². The largest absolute Gasteiger partial charge is 0.351 e. The van der Waals surface area contributed by atoms with Crippen LogP contribution in [-0.2, 0) is 11.3 Å². The SMILES string of the molecule is CC(=O)NCc1nccnc1C1CCN(C(=O)c2ccsc2)CC1. The lowest BCUT2D eigenvalue weighted by atomic mass is 9.91. The van der Waals surface area contributed by atoms with Gasteiger partial charge in [-0.3, -0.25) is 19.6 Å². The second kappa shape index (κ2) is 7.53. The molecule has 2 aromatic heterocycles. The fraction of sp³-hybridized carbons (Fsp3) is 0.412. The van der Waals surface area contributed by atoms with Crippen molar-refractivity contribution in [2.45, 2.75) is 32.2 Å². The van der Waals surface area contributed by atoms with Gasteiger partial charge in [-0.05, 0) is 24.3 Å². The van der Waals surface area contributed by atoms with Crippen LogP contribution in [0.3, 0.4) is 0 Å². The van der Waals surface area contributed by atoms with Crippen molar-refractivity contribution in [1.29, 1.82) is 0 Å². The van der Waals surface area contributed by atoms with E-state index in [0.717, 1.165) is 42.9 Å². The molecule has 1 N–H and O–H groups in total. The zero-order valence-corrected chi connectivity index (χ0v) is 14.4. The second-order valence-electron chi connectivity index (χ2n) is 5.88. The summed E-state index contributed by atoms with van der Waals surface area (Å²) in [5, 5.41) is 6.60. The van der Waals surface area contributed by atoms with E-state index in [1.165, 1.54) is 18.3 Å². The molecule has 126 valence electrons. The topological polar surface area (TPSA) is 75.2 Å². The fourth-order valence-corrected chi connectivity index (χ4v) is 3.62. The fourth-order valence-electron chi connectivity index (χ4n) is 2.99. The third-order valence-corrected chi connectivity index (χ3v) is 4.93. The Morgan fingerprint density at radius 3 is 2.71 bits per heavy atom. The number of rotatable bonds is 4. The Bertz CT molecular complexity index is 709. The molecule has 2 aromatic rings. The van der Waals surface area contributed by atoms with Crippen LogP contribution in [0.15, 0.2) is 29.2 Å². The minimum absolute atomic E-state index is 0.0808. The molecule has 1 aliphatic rings. The van der Waals surface area contributed by atoms with E-state index in [1.807, 2.05) is 21.7 Å². The molecule has 7 heteroatoms. The van der Waals surface area contributed by atoms with E-state index in [0.29, 0.717) is 6.54 Å². The highest BCUT2D eigenvalue weighted by Gasteiger charge is 2.27. The van der Waals surface area contributed by atoms with Crippen molar-refractivity contribution in [1.82, 2.24) is 20.2 Å². The van der Waals surface area contributed by atoms with Crippen LogP contribution in [0.2, 0.25) is 0 Å². The van der Waals surface area contributed by atoms with Crippen molar-refractivity contribution < 1.29 is 9.59 Å². The lowest BCUT2D eigenvalue weighted by Crippen LogP contribution is -2.38. The number of thiophene rings is 1. The van der Waals surface area contributed by atoms with Gasteiger partial charge in [-0.2, -0.15) is 11.3 Å². The van der Waals surface area contributed by atoms with E-state index >= 15 is 0 Å². The van der Waals surface area contributed by atoms with Crippen LogP contribution in [0.5, 0.6) is 0 Å². The standard InChI is InChI=1S/C17H20N4O2S/c1-12(22)20-10-15-16(19-6-5-18-15)13-2-7-21(8-3-13)17(23)14-4-9-24-11-14/h4-6,9,11,13H,2-3,7-8,10H2,1H3,(H,20,22). The molecule has 0 radical (unpaired) electrons. The molecule has 3 heterocycles. The first kappa shape index (κ1) is 16.6. The molecule has 2 amide bonds. The van der Waals surface area contributed by atoms with Gasteiger partial charge >= 0.3 is 0 Å². The summed E-state index contributed by atoms with van der Waals surface area (Å²) in [7, 11) is 0. The lowest BCUT2D eigenvalue weighted by Gasteiger charge is -2.32. The molecule has 0 aliphatic carbocycles. The number of nitrogens with one attached hydrogen (secondary N) is 1. The third kappa shape index (κ3) is 3.79. The molecule has 0 bridgehead atoms. The summed E-state index contributed by atoms with van der Waals surface area (Å²) in [5.74, 6) is 0.295. The van der Waals surface area contributed by atoms with Gasteiger partial charge in [-0.15, -0.1) is 0 Å². The van der Waals surface area contributed by atoms with Gasteiger partial charge in [0, 0.05) is 43.7 Å². The third-order valence-electron chi connectivity index (χ3n) is 4.25. The van der Waals surface area contributed by atoms with Crippen LogP contribution >= 0.6 is 11.3 Å². The molecule has 3 rings (SSSR count). The minimum atomic E-state index is -0.0808. The maximum Gasteiger partial charge on any atom is 0.254 e. The summed E-state index contributed by atoms with van der Waals surface area (Å²) in [4.78, 5) is 34.3. The Kier molecular flexibility index (Phi) is 5.20. The minimum Gasteiger partial charge on any atom is -0.351 e. The van der Waals surface area contributed by atoms with E-state index in [9.17, 15) is 9.59 Å². The molecule has 0 saturated carbocycles. The Balaban J connectivity index is 1.64. The predicted octanol–water partition coefficient (Wildman–Crippen LogP) is 2.19. The van der Waals surface area contributed by atoms with Gasteiger partial charge in [0.25, 0.3) is 5.91 Å². The van der Waals surface area contributed by atoms with Crippen molar-refractivity contribution in [3.05, 3.63) is 46.2 Å². The van der Waals surface area contributed by atoms with Gasteiger partial charge in [-0.25, -0.2) is 0 Å². The molecular weight excluding hydrogens is 324 g/mol. The molecule has 1 aliphatic heterocycles. The number of aromatic nitrogens is 2. The monoisotopic (exact) mass is 344 g/mol. The van der Waals surface area contributed by atoms with Gasteiger partial charge in [0.15, 0.2) is 0 Å². The normalized spacial score (nSPS) is 15.3. The van der Waals surface area contributed by atoms with Crippen molar-refractivity contribution in [3.8, 4) is 0 Å². The van der Waals surface area contributed by atoms with Crippen molar-refractivity contribution in [2.75, 3.05) is 13.1 Å². The molecule has 0 aromatic carbocycles. The molecule has 0 atom stereocenters. The van der Waals surface area contributed by atoms with Crippen LogP contribution in [-0.4, -0.2) is 39.8 Å². The van der Waals surface area contributed by atoms with Crippen molar-refractivity contribution in [2.24, 2.45) is 0 Å². The number of amides is 2. The summed E-state index contributed by atoms with van der Waals surface area (Å²) in [6.45, 7) is 3.32. The first-order chi connectivity index (χ1) is 11.6. The lowest BCUT2D eigenvalue weighted by molar-refractivity contribution is -0.119. The van der Waals surface area contributed by atoms with Crippen LogP contribution in [0, 0.1) is 0 Å². The summed E-state index contributed by atoms with van der Waals surface area (Å²) in [6, 6.07) is 1.87. The Labute approximate surface area is 144 Å². The number of carbonyl (C=O) groups excluding carboxylic acids is 2. The van der Waals surface area contributed by atoms with E-state index < -0.39 is 0 Å². The Morgan fingerprint density at radius 1 is 1.29 bits per heavy atom. The van der Waals surface area contributed by atoms with Gasteiger partial charge in [0.05, 0.1) is 23.5 Å². The van der Waals surface area contributed by atoms with Gasteiger partial charge in [-0.1, -0.05) is 0 Å². The first-order valence-corrected chi connectivity index (χ1v) is 8.95. The second-order valence-corrected chi connectivity index (χ2v) is 6.66. The first-order valence-electron chi connectivity index (χ1n) is 8.01. The van der Waals surface area contributed by atoms with E-state index in [4.69, 9.17) is 0 Å². The molecule has 0 spiro atoms. The molecule has 6 nitrogen and oxygen atoms in total. The van der Waals surface area contributed by atoms with Crippen LogP contribution < -0.4 is 5.32 Å². The summed E-state index contributed by atoms with van der Waals surface area (Å²) in [6.07, 6.45) is 5.06. The van der Waals surface area contributed by atoms with Crippen molar-refractivity contribution >= 4 is 23.2 Å². The van der Waals surface area contributed by atoms with Gasteiger partial charge < -0.3 is 10.2 Å². The maximum atomic E-state index is 12.4. The summed E-state index contributed by atoms with van der Waals surface area (Å²) >= 11 is 1.54.